The molecule has 2 aliphatic carbocycles. The fourth-order valence-electron chi connectivity index (χ4n) is 0.804. The van der Waals surface area contributed by atoms with Crippen LogP contribution in [0.5, 0.6) is 0 Å². The SMILES string of the molecule is Clc1c2cc-2c(Cl)c1Cl.O=C([O-])Cl. The molecule has 6 heteroatoms. The van der Waals surface area contributed by atoms with Crippen molar-refractivity contribution in [3.8, 4) is 11.1 Å². The minimum absolute atomic E-state index is 0.492. The summed E-state index contributed by atoms with van der Waals surface area (Å²) in [4.78, 5) is 8.65. The van der Waals surface area contributed by atoms with Gasteiger partial charge in [0, 0.05) is 11.1 Å². The summed E-state index contributed by atoms with van der Waals surface area (Å²) >= 11 is 21.1. The lowest BCUT2D eigenvalue weighted by Gasteiger charge is -1.82. The molecular weight excluding hydrogens is 258 g/mol. The van der Waals surface area contributed by atoms with Gasteiger partial charge in [0.15, 0.2) is 0 Å². The Morgan fingerprint density at radius 3 is 1.54 bits per heavy atom. The summed E-state index contributed by atoms with van der Waals surface area (Å²) in [6.07, 6.45) is 0. The average Bonchev–Trinajstić information content (AvgIpc) is 2.73. The topological polar surface area (TPSA) is 40.1 Å². The van der Waals surface area contributed by atoms with Gasteiger partial charge < -0.3 is 9.90 Å². The van der Waals surface area contributed by atoms with Crippen LogP contribution in [-0.2, 0) is 0 Å². The molecule has 0 N–H and O–H groups in total. The summed E-state index contributed by atoms with van der Waals surface area (Å²) in [5.41, 5.74) is 0.401. The van der Waals surface area contributed by atoms with Crippen molar-refractivity contribution in [2.24, 2.45) is 0 Å². The Kier molecular flexibility index (Phi) is 3.30. The Bertz CT molecular complexity index is 345. The van der Waals surface area contributed by atoms with E-state index in [1.54, 1.807) is 0 Å². The standard InChI is InChI=1S/C6HCl3.CHClO2/c7-4-2-1-3(2)5(8)6(4)9;2-1(3)4/h1H;(H,3,4)/p-1. The lowest BCUT2D eigenvalue weighted by atomic mass is 10.5. The molecule has 0 bridgehead atoms. The molecule has 2 rings (SSSR count). The Morgan fingerprint density at radius 2 is 1.38 bits per heavy atom. The van der Waals surface area contributed by atoms with Crippen molar-refractivity contribution in [1.29, 1.82) is 0 Å². The number of rotatable bonds is 0. The first-order valence-corrected chi connectivity index (χ1v) is 4.50. The van der Waals surface area contributed by atoms with Gasteiger partial charge in [-0.2, -0.15) is 0 Å². The number of halogens is 4. The molecule has 70 valence electrons. The molecule has 0 aromatic carbocycles. The molecular formula is C7HCl4O2-. The first-order chi connectivity index (χ1) is 5.95. The lowest BCUT2D eigenvalue weighted by Crippen LogP contribution is -2.11. The van der Waals surface area contributed by atoms with Crippen molar-refractivity contribution in [3.05, 3.63) is 21.1 Å². The highest BCUT2D eigenvalue weighted by Gasteiger charge is 2.26. The highest BCUT2D eigenvalue weighted by atomic mass is 35.5. The van der Waals surface area contributed by atoms with Gasteiger partial charge in [0.25, 0.3) is 0 Å². The van der Waals surface area contributed by atoms with E-state index in [4.69, 9.17) is 44.7 Å². The molecule has 2 nitrogen and oxygen atoms in total. The van der Waals surface area contributed by atoms with Gasteiger partial charge in [-0.25, -0.2) is 0 Å². The second-order valence-corrected chi connectivity index (χ2v) is 3.59. The molecule has 0 spiro atoms. The zero-order valence-corrected chi connectivity index (χ0v) is 8.93. The van der Waals surface area contributed by atoms with Gasteiger partial charge in [-0.1, -0.05) is 46.4 Å². The van der Waals surface area contributed by atoms with Crippen molar-refractivity contribution in [2.45, 2.75) is 0 Å². The second-order valence-electron chi connectivity index (χ2n) is 2.15. The number of hydrogen-bond donors (Lipinski definition) is 0. The van der Waals surface area contributed by atoms with E-state index in [1.807, 2.05) is 6.07 Å². The Balaban J connectivity index is 0.000000184. The van der Waals surface area contributed by atoms with Crippen molar-refractivity contribution in [3.63, 3.8) is 0 Å². The summed E-state index contributed by atoms with van der Waals surface area (Å²) in [6, 6.07) is 1.91. The van der Waals surface area contributed by atoms with Crippen LogP contribution in [-0.4, -0.2) is 5.43 Å². The maximum atomic E-state index is 8.65. The van der Waals surface area contributed by atoms with E-state index in [-0.39, 0.29) is 0 Å². The van der Waals surface area contributed by atoms with Crippen LogP contribution in [0.1, 0.15) is 0 Å². The predicted molar refractivity (Wildman–Crippen MR) is 51.7 cm³/mol. The summed E-state index contributed by atoms with van der Waals surface area (Å²) in [5.74, 6) is 0. The zero-order valence-electron chi connectivity index (χ0n) is 5.91. The van der Waals surface area contributed by atoms with Gasteiger partial charge in [-0.05, 0) is 6.07 Å². The van der Waals surface area contributed by atoms with Gasteiger partial charge in [0.05, 0.1) is 15.1 Å². The van der Waals surface area contributed by atoms with Crippen LogP contribution in [0.25, 0.3) is 11.1 Å². The summed E-state index contributed by atoms with van der Waals surface area (Å²) in [6.45, 7) is 0. The van der Waals surface area contributed by atoms with Crippen molar-refractivity contribution in [2.75, 3.05) is 0 Å². The van der Waals surface area contributed by atoms with E-state index in [0.29, 0.717) is 15.1 Å². The lowest BCUT2D eigenvalue weighted by molar-refractivity contribution is -0.233. The molecule has 0 aliphatic heterocycles. The van der Waals surface area contributed by atoms with Crippen molar-refractivity contribution < 1.29 is 9.90 Å². The smallest absolute Gasteiger partial charge is 0.134 e. The number of carbonyl (C=O) groups is 1. The molecule has 0 amide bonds. The highest BCUT2D eigenvalue weighted by Crippen LogP contribution is 2.53. The molecule has 0 unspecified atom stereocenters. The van der Waals surface area contributed by atoms with Crippen LogP contribution in [0.2, 0.25) is 15.1 Å². The van der Waals surface area contributed by atoms with E-state index in [1.165, 1.54) is 0 Å². The minimum atomic E-state index is -1.61. The van der Waals surface area contributed by atoms with E-state index >= 15 is 0 Å². The summed E-state index contributed by atoms with van der Waals surface area (Å²) in [7, 11) is 0. The number of carboxylic acid groups (broad SMARTS) is 1. The third kappa shape index (κ3) is 2.41. The monoisotopic (exact) mass is 257 g/mol. The number of fused-ring (bicyclic) bond motifs is 1. The van der Waals surface area contributed by atoms with Crippen LogP contribution < -0.4 is 5.11 Å². The zero-order chi connectivity index (χ0) is 10.2. The second kappa shape index (κ2) is 3.93. The first kappa shape index (κ1) is 10.9. The molecule has 0 saturated carbocycles. The molecule has 2 aliphatic rings. The Morgan fingerprint density at radius 1 is 1.08 bits per heavy atom. The molecule has 0 radical (unpaired) electrons. The van der Waals surface area contributed by atoms with Gasteiger partial charge >= 0.3 is 0 Å². The maximum absolute atomic E-state index is 8.65. The number of carbonyl (C=O) groups excluding carboxylic acids is 1. The van der Waals surface area contributed by atoms with Gasteiger partial charge in [-0.15, -0.1) is 0 Å². The molecule has 0 saturated heterocycles. The van der Waals surface area contributed by atoms with Crippen molar-refractivity contribution >= 4 is 51.8 Å². The predicted octanol–water partition coefficient (Wildman–Crippen LogP) is 3.20. The number of hydrogen-bond acceptors (Lipinski definition) is 2. The fraction of sp³-hybridized carbons (Fsp3) is 0. The third-order valence-corrected chi connectivity index (χ3v) is 2.71. The van der Waals surface area contributed by atoms with E-state index in [0.717, 1.165) is 11.1 Å². The van der Waals surface area contributed by atoms with Gasteiger partial charge in [0.1, 0.15) is 5.43 Å². The largest absolute Gasteiger partial charge is 0.534 e. The van der Waals surface area contributed by atoms with Gasteiger partial charge in [0.2, 0.25) is 0 Å². The molecule has 0 heterocycles. The summed E-state index contributed by atoms with van der Waals surface area (Å²) < 4.78 is 0. The van der Waals surface area contributed by atoms with Crippen LogP contribution in [0.4, 0.5) is 4.79 Å². The van der Waals surface area contributed by atoms with E-state index in [9.17, 15) is 0 Å². The van der Waals surface area contributed by atoms with E-state index < -0.39 is 5.43 Å². The summed E-state index contributed by atoms with van der Waals surface area (Å²) in [5, 5.41) is 10.3. The van der Waals surface area contributed by atoms with Crippen LogP contribution >= 0.6 is 46.4 Å². The van der Waals surface area contributed by atoms with E-state index in [2.05, 4.69) is 11.6 Å². The first-order valence-electron chi connectivity index (χ1n) is 2.99. The molecule has 0 aromatic rings. The van der Waals surface area contributed by atoms with Crippen molar-refractivity contribution in [1.82, 2.24) is 0 Å². The Labute approximate surface area is 94.0 Å². The third-order valence-electron chi connectivity index (χ3n) is 1.35. The normalized spacial score (nSPS) is 10.2. The van der Waals surface area contributed by atoms with Crippen LogP contribution in [0.15, 0.2) is 6.07 Å². The van der Waals surface area contributed by atoms with Gasteiger partial charge in [-0.3, -0.25) is 0 Å². The average molecular weight is 259 g/mol. The minimum Gasteiger partial charge on any atom is -0.534 e. The highest BCUT2D eigenvalue weighted by molar-refractivity contribution is 6.59. The molecule has 0 fully saturated rings. The molecule has 0 atom stereocenters. The Hall–Kier alpha value is -0.150. The fourth-order valence-corrected chi connectivity index (χ4v) is 1.56. The van der Waals surface area contributed by atoms with Crippen LogP contribution in [0, 0.1) is 0 Å². The molecule has 0 aromatic heterocycles. The van der Waals surface area contributed by atoms with Crippen LogP contribution in [0.3, 0.4) is 0 Å². The maximum Gasteiger partial charge on any atom is 0.134 e. The molecule has 13 heavy (non-hydrogen) atoms. The quantitative estimate of drug-likeness (QED) is 0.538. The number of benzene rings is 1.